The highest BCUT2D eigenvalue weighted by Gasteiger charge is 2.15. The first-order valence-corrected chi connectivity index (χ1v) is 12.7. The molecule has 0 saturated heterocycles. The van der Waals surface area contributed by atoms with Crippen molar-refractivity contribution in [1.29, 1.82) is 0 Å². The van der Waals surface area contributed by atoms with Crippen LogP contribution in [0.4, 0.5) is 5.69 Å². The van der Waals surface area contributed by atoms with Gasteiger partial charge in [0.1, 0.15) is 10.8 Å². The number of benzene rings is 3. The summed E-state index contributed by atoms with van der Waals surface area (Å²) >= 11 is 12.7. The van der Waals surface area contributed by atoms with Crippen LogP contribution in [0, 0.1) is 3.57 Å². The first kappa shape index (κ1) is 23.1. The van der Waals surface area contributed by atoms with Crippen LogP contribution in [-0.4, -0.2) is 22.6 Å². The molecule has 0 radical (unpaired) electrons. The molecule has 4 aromatic rings. The number of hydrogen-bond donors (Lipinski definition) is 2. The molecule has 0 aliphatic heterocycles. The lowest BCUT2D eigenvalue weighted by Gasteiger charge is -2.13. The van der Waals surface area contributed by atoms with Crippen LogP contribution in [-0.2, 0) is 0 Å². The number of amides is 1. The van der Waals surface area contributed by atoms with Crippen LogP contribution in [0.1, 0.15) is 17.3 Å². The molecule has 0 spiro atoms. The van der Waals surface area contributed by atoms with Gasteiger partial charge in [-0.25, -0.2) is 4.98 Å². The number of anilines is 1. The normalized spacial score (nSPS) is 10.7. The Bertz CT molecular complexity index is 1290. The summed E-state index contributed by atoms with van der Waals surface area (Å²) in [5, 5.41) is 7.00. The second-order valence-corrected chi connectivity index (χ2v) is 10.2. The number of rotatable bonds is 5. The van der Waals surface area contributed by atoms with Crippen LogP contribution in [0.2, 0.25) is 0 Å². The molecule has 162 valence electrons. The highest BCUT2D eigenvalue weighted by atomic mass is 127. The molecule has 0 unspecified atom stereocenters. The van der Waals surface area contributed by atoms with E-state index >= 15 is 0 Å². The van der Waals surface area contributed by atoms with E-state index < -0.39 is 0 Å². The molecule has 32 heavy (non-hydrogen) atoms. The van der Waals surface area contributed by atoms with Crippen molar-refractivity contribution in [2.45, 2.75) is 6.92 Å². The van der Waals surface area contributed by atoms with E-state index in [-0.39, 0.29) is 11.0 Å². The van der Waals surface area contributed by atoms with Crippen molar-refractivity contribution in [3.8, 4) is 16.3 Å². The van der Waals surface area contributed by atoms with Gasteiger partial charge in [-0.1, -0.05) is 12.1 Å². The van der Waals surface area contributed by atoms with E-state index in [0.717, 1.165) is 30.0 Å². The number of para-hydroxylation sites is 1. The molecule has 4 rings (SSSR count). The quantitative estimate of drug-likeness (QED) is 0.185. The van der Waals surface area contributed by atoms with Gasteiger partial charge in [0.15, 0.2) is 5.11 Å². The van der Waals surface area contributed by atoms with Crippen molar-refractivity contribution in [1.82, 2.24) is 10.3 Å². The third-order valence-electron chi connectivity index (χ3n) is 4.48. The number of nitrogens with zero attached hydrogens (tertiary/aromatic N) is 1. The van der Waals surface area contributed by atoms with Crippen molar-refractivity contribution >= 4 is 89.0 Å². The molecule has 9 heteroatoms. The minimum absolute atomic E-state index is 0.212. The Balaban J connectivity index is 1.53. The molecule has 5 nitrogen and oxygen atoms in total. The van der Waals surface area contributed by atoms with Crippen LogP contribution in [0.15, 0.2) is 65.1 Å². The standard InChI is InChI=1S/C23H17BrIN3O2S2/c1-2-30-19-10-7-13(11-16(19)24)21(29)28-23(31)27-17-9-8-14(25)12-15(17)22-26-18-5-3-4-6-20(18)32-22/h3-12H,2H2,1H3,(H2,27,28,29,31). The Kier molecular flexibility index (Phi) is 7.39. The smallest absolute Gasteiger partial charge is 0.257 e. The molecule has 0 atom stereocenters. The summed E-state index contributed by atoms with van der Waals surface area (Å²) in [6, 6.07) is 19.2. The molecule has 0 bridgehead atoms. The van der Waals surface area contributed by atoms with Gasteiger partial charge in [0, 0.05) is 14.7 Å². The Morgan fingerprint density at radius 2 is 2.00 bits per heavy atom. The summed E-state index contributed by atoms with van der Waals surface area (Å²) in [7, 11) is 0. The number of nitrogens with one attached hydrogen (secondary N) is 2. The predicted molar refractivity (Wildman–Crippen MR) is 147 cm³/mol. The van der Waals surface area contributed by atoms with Gasteiger partial charge in [-0.3, -0.25) is 10.1 Å². The lowest BCUT2D eigenvalue weighted by Crippen LogP contribution is -2.34. The fourth-order valence-electron chi connectivity index (χ4n) is 3.03. The van der Waals surface area contributed by atoms with E-state index in [1.807, 2.05) is 37.3 Å². The lowest BCUT2D eigenvalue weighted by molar-refractivity contribution is 0.0977. The minimum atomic E-state index is -0.307. The molecular weight excluding hydrogens is 621 g/mol. The zero-order valence-electron chi connectivity index (χ0n) is 16.8. The van der Waals surface area contributed by atoms with Crippen LogP contribution in [0.3, 0.4) is 0 Å². The Labute approximate surface area is 216 Å². The minimum Gasteiger partial charge on any atom is -0.493 e. The highest BCUT2D eigenvalue weighted by molar-refractivity contribution is 14.1. The van der Waals surface area contributed by atoms with E-state index in [0.29, 0.717) is 22.4 Å². The molecule has 2 N–H and O–H groups in total. The van der Waals surface area contributed by atoms with Gasteiger partial charge in [-0.15, -0.1) is 11.3 Å². The van der Waals surface area contributed by atoms with Crippen molar-refractivity contribution in [3.63, 3.8) is 0 Å². The van der Waals surface area contributed by atoms with Gasteiger partial charge in [0.05, 0.1) is 27.0 Å². The molecule has 0 aliphatic carbocycles. The van der Waals surface area contributed by atoms with Crippen LogP contribution in [0.5, 0.6) is 5.75 Å². The zero-order chi connectivity index (χ0) is 22.7. The average Bonchev–Trinajstić information content (AvgIpc) is 3.20. The summed E-state index contributed by atoms with van der Waals surface area (Å²) in [6.07, 6.45) is 0. The van der Waals surface area contributed by atoms with Gasteiger partial charge in [-0.05, 0) is 106 Å². The first-order valence-electron chi connectivity index (χ1n) is 9.64. The molecule has 1 amide bonds. The molecular formula is C23H17BrIN3O2S2. The zero-order valence-corrected chi connectivity index (χ0v) is 22.2. The predicted octanol–water partition coefficient (Wildman–Crippen LogP) is 6.86. The van der Waals surface area contributed by atoms with Gasteiger partial charge >= 0.3 is 0 Å². The fourth-order valence-corrected chi connectivity index (χ4v) is 5.22. The monoisotopic (exact) mass is 637 g/mol. The number of fused-ring (bicyclic) bond motifs is 1. The second kappa shape index (κ2) is 10.2. The number of ether oxygens (including phenoxy) is 1. The summed E-state index contributed by atoms with van der Waals surface area (Å²) in [5.74, 6) is 0.377. The van der Waals surface area contributed by atoms with E-state index in [1.165, 1.54) is 0 Å². The fraction of sp³-hybridized carbons (Fsp3) is 0.0870. The first-order chi connectivity index (χ1) is 15.4. The summed E-state index contributed by atoms with van der Waals surface area (Å²) in [5.41, 5.74) is 3.13. The molecule has 3 aromatic carbocycles. The second-order valence-electron chi connectivity index (χ2n) is 6.66. The third-order valence-corrected chi connectivity index (χ3v) is 7.04. The number of halogens is 2. The number of carbonyl (C=O) groups excluding carboxylic acids is 1. The Morgan fingerprint density at radius 1 is 1.19 bits per heavy atom. The molecule has 0 aliphatic rings. The molecule has 1 heterocycles. The molecule has 0 fully saturated rings. The number of aromatic nitrogens is 1. The largest absolute Gasteiger partial charge is 0.493 e. The van der Waals surface area contributed by atoms with Crippen molar-refractivity contribution in [2.24, 2.45) is 0 Å². The summed E-state index contributed by atoms with van der Waals surface area (Å²) in [4.78, 5) is 17.4. The number of carbonyl (C=O) groups is 1. The Morgan fingerprint density at radius 3 is 2.75 bits per heavy atom. The number of thiazole rings is 1. The highest BCUT2D eigenvalue weighted by Crippen LogP contribution is 2.35. The van der Waals surface area contributed by atoms with Gasteiger partial charge < -0.3 is 10.1 Å². The molecule has 0 saturated carbocycles. The summed E-state index contributed by atoms with van der Waals surface area (Å²) in [6.45, 7) is 2.45. The van der Waals surface area contributed by atoms with E-state index in [2.05, 4.69) is 61.3 Å². The topological polar surface area (TPSA) is 63.2 Å². The third kappa shape index (κ3) is 5.28. The number of hydrogen-bond acceptors (Lipinski definition) is 5. The van der Waals surface area contributed by atoms with Crippen molar-refractivity contribution in [3.05, 3.63) is 74.3 Å². The van der Waals surface area contributed by atoms with Crippen molar-refractivity contribution in [2.75, 3.05) is 11.9 Å². The van der Waals surface area contributed by atoms with E-state index in [9.17, 15) is 4.79 Å². The van der Waals surface area contributed by atoms with Gasteiger partial charge in [0.2, 0.25) is 0 Å². The molecule has 1 aromatic heterocycles. The van der Waals surface area contributed by atoms with Crippen LogP contribution >= 0.6 is 62.1 Å². The van der Waals surface area contributed by atoms with Crippen LogP contribution in [0.25, 0.3) is 20.8 Å². The SMILES string of the molecule is CCOc1ccc(C(=O)NC(=S)Nc2ccc(I)cc2-c2nc3ccccc3s2)cc1Br. The van der Waals surface area contributed by atoms with Gasteiger partial charge in [-0.2, -0.15) is 0 Å². The Hall–Kier alpha value is -2.08. The average molecular weight is 638 g/mol. The maximum absolute atomic E-state index is 12.7. The summed E-state index contributed by atoms with van der Waals surface area (Å²) < 4.78 is 8.40. The van der Waals surface area contributed by atoms with Crippen LogP contribution < -0.4 is 15.4 Å². The number of thiocarbonyl (C=S) groups is 1. The maximum atomic E-state index is 12.7. The maximum Gasteiger partial charge on any atom is 0.257 e. The van der Waals surface area contributed by atoms with Gasteiger partial charge in [0.25, 0.3) is 5.91 Å². The van der Waals surface area contributed by atoms with E-state index in [4.69, 9.17) is 21.9 Å². The lowest BCUT2D eigenvalue weighted by atomic mass is 10.2. The van der Waals surface area contributed by atoms with Crippen molar-refractivity contribution < 1.29 is 9.53 Å². The van der Waals surface area contributed by atoms with E-state index in [1.54, 1.807) is 29.5 Å².